The van der Waals surface area contributed by atoms with Crippen LogP contribution in [0.2, 0.25) is 5.02 Å². The number of nitrogens with zero attached hydrogens (tertiary/aromatic N) is 1. The first-order valence-corrected chi connectivity index (χ1v) is 5.24. The molecule has 0 aliphatic heterocycles. The van der Waals surface area contributed by atoms with Crippen LogP contribution in [-0.2, 0) is 6.54 Å². The highest BCUT2D eigenvalue weighted by Gasteiger charge is 2.04. The molecule has 0 spiro atoms. The van der Waals surface area contributed by atoms with Gasteiger partial charge in [0.05, 0.1) is 6.20 Å². The quantitative estimate of drug-likeness (QED) is 0.888. The Bertz CT molecular complexity index is 474. The van der Waals surface area contributed by atoms with Crippen LogP contribution in [0.25, 0.3) is 0 Å². The van der Waals surface area contributed by atoms with Crippen molar-refractivity contribution in [3.05, 3.63) is 53.3 Å². The molecule has 0 radical (unpaired) electrons. The number of pyridine rings is 1. The van der Waals surface area contributed by atoms with Gasteiger partial charge in [0.2, 0.25) is 0 Å². The maximum absolute atomic E-state index is 5.88. The van der Waals surface area contributed by atoms with Gasteiger partial charge in [0.25, 0.3) is 0 Å². The summed E-state index contributed by atoms with van der Waals surface area (Å²) in [6.45, 7) is 0.385. The molecule has 0 saturated heterocycles. The highest BCUT2D eigenvalue weighted by molar-refractivity contribution is 6.30. The third-order valence-corrected chi connectivity index (χ3v) is 2.34. The summed E-state index contributed by atoms with van der Waals surface area (Å²) in [5, 5.41) is 0.652. The van der Waals surface area contributed by atoms with Gasteiger partial charge in [-0.3, -0.25) is 4.98 Å². The van der Waals surface area contributed by atoms with E-state index < -0.39 is 0 Å². The van der Waals surface area contributed by atoms with Crippen molar-refractivity contribution >= 4 is 11.6 Å². The van der Waals surface area contributed by atoms with E-state index in [1.54, 1.807) is 30.6 Å². The zero-order valence-corrected chi connectivity index (χ0v) is 9.32. The average Bonchev–Trinajstić information content (AvgIpc) is 2.33. The summed E-state index contributed by atoms with van der Waals surface area (Å²) >= 11 is 5.88. The van der Waals surface area contributed by atoms with Crippen molar-refractivity contribution in [2.24, 2.45) is 5.73 Å². The summed E-state index contributed by atoms with van der Waals surface area (Å²) in [6.07, 6.45) is 3.34. The maximum atomic E-state index is 5.88. The van der Waals surface area contributed by atoms with E-state index in [1.807, 2.05) is 12.1 Å². The number of rotatable bonds is 3. The van der Waals surface area contributed by atoms with E-state index in [2.05, 4.69) is 4.98 Å². The number of hydrogen-bond donors (Lipinski definition) is 1. The van der Waals surface area contributed by atoms with Gasteiger partial charge in [0.15, 0.2) is 0 Å². The minimum atomic E-state index is 0.385. The van der Waals surface area contributed by atoms with Crippen molar-refractivity contribution < 1.29 is 4.74 Å². The van der Waals surface area contributed by atoms with E-state index in [1.165, 1.54) is 0 Å². The molecule has 0 saturated carbocycles. The molecule has 1 heterocycles. The Morgan fingerprint density at radius 3 is 2.88 bits per heavy atom. The second kappa shape index (κ2) is 4.96. The molecule has 1 aromatic carbocycles. The fourth-order valence-electron chi connectivity index (χ4n) is 1.34. The Morgan fingerprint density at radius 1 is 1.31 bits per heavy atom. The smallest absolute Gasteiger partial charge is 0.145 e. The molecule has 0 unspecified atom stereocenters. The molecule has 16 heavy (non-hydrogen) atoms. The predicted molar refractivity (Wildman–Crippen MR) is 63.7 cm³/mol. The van der Waals surface area contributed by atoms with Crippen LogP contribution in [0.1, 0.15) is 5.56 Å². The van der Waals surface area contributed by atoms with Gasteiger partial charge < -0.3 is 10.5 Å². The molecule has 1 aromatic heterocycles. The van der Waals surface area contributed by atoms with Crippen LogP contribution in [0, 0.1) is 0 Å². The number of ether oxygens (including phenoxy) is 1. The Morgan fingerprint density at radius 2 is 2.19 bits per heavy atom. The number of halogens is 1. The van der Waals surface area contributed by atoms with Crippen LogP contribution in [0.4, 0.5) is 0 Å². The lowest BCUT2D eigenvalue weighted by atomic mass is 10.2. The fraction of sp³-hybridized carbons (Fsp3) is 0.0833. The predicted octanol–water partition coefficient (Wildman–Crippen LogP) is 2.99. The first-order chi connectivity index (χ1) is 7.79. The zero-order valence-electron chi connectivity index (χ0n) is 8.56. The van der Waals surface area contributed by atoms with Crippen LogP contribution in [0.3, 0.4) is 0 Å². The summed E-state index contributed by atoms with van der Waals surface area (Å²) in [5.41, 5.74) is 6.49. The van der Waals surface area contributed by atoms with E-state index in [4.69, 9.17) is 22.1 Å². The first-order valence-electron chi connectivity index (χ1n) is 4.86. The molecule has 82 valence electrons. The van der Waals surface area contributed by atoms with Gasteiger partial charge >= 0.3 is 0 Å². The van der Waals surface area contributed by atoms with E-state index in [0.29, 0.717) is 23.1 Å². The second-order valence-electron chi connectivity index (χ2n) is 3.25. The molecule has 0 aliphatic rings. The van der Waals surface area contributed by atoms with Gasteiger partial charge in [-0.1, -0.05) is 11.6 Å². The average molecular weight is 235 g/mol. The van der Waals surface area contributed by atoms with Gasteiger partial charge in [0.1, 0.15) is 11.5 Å². The second-order valence-corrected chi connectivity index (χ2v) is 3.68. The largest absolute Gasteiger partial charge is 0.455 e. The SMILES string of the molecule is NCc1cc(Cl)ccc1Oc1cccnc1. The topological polar surface area (TPSA) is 48.1 Å². The maximum Gasteiger partial charge on any atom is 0.145 e. The van der Waals surface area contributed by atoms with Crippen LogP contribution in [0.5, 0.6) is 11.5 Å². The standard InChI is InChI=1S/C12H11ClN2O/c13-10-3-4-12(9(6-10)7-14)16-11-2-1-5-15-8-11/h1-6,8H,7,14H2. The minimum Gasteiger partial charge on any atom is -0.455 e. The summed E-state index contributed by atoms with van der Waals surface area (Å²) < 4.78 is 5.65. The Labute approximate surface area is 98.8 Å². The number of benzene rings is 1. The molecule has 2 aromatic rings. The third-order valence-electron chi connectivity index (χ3n) is 2.10. The molecule has 3 nitrogen and oxygen atoms in total. The normalized spacial score (nSPS) is 10.1. The van der Waals surface area contributed by atoms with Crippen molar-refractivity contribution in [3.8, 4) is 11.5 Å². The van der Waals surface area contributed by atoms with Crippen molar-refractivity contribution in [1.82, 2.24) is 4.98 Å². The van der Waals surface area contributed by atoms with E-state index in [0.717, 1.165) is 5.56 Å². The molecule has 2 rings (SSSR count). The Balaban J connectivity index is 2.28. The van der Waals surface area contributed by atoms with Crippen LogP contribution >= 0.6 is 11.6 Å². The van der Waals surface area contributed by atoms with Gasteiger partial charge in [0, 0.05) is 23.3 Å². The highest BCUT2D eigenvalue weighted by Crippen LogP contribution is 2.26. The Kier molecular flexibility index (Phi) is 3.39. The van der Waals surface area contributed by atoms with Gasteiger partial charge in [-0.25, -0.2) is 0 Å². The minimum absolute atomic E-state index is 0.385. The monoisotopic (exact) mass is 234 g/mol. The number of hydrogen-bond acceptors (Lipinski definition) is 3. The lowest BCUT2D eigenvalue weighted by Crippen LogP contribution is -1.99. The van der Waals surface area contributed by atoms with E-state index >= 15 is 0 Å². The lowest BCUT2D eigenvalue weighted by molar-refractivity contribution is 0.474. The van der Waals surface area contributed by atoms with E-state index in [9.17, 15) is 0 Å². The molecular weight excluding hydrogens is 224 g/mol. The Hall–Kier alpha value is -1.58. The van der Waals surface area contributed by atoms with Crippen LogP contribution in [-0.4, -0.2) is 4.98 Å². The third kappa shape index (κ3) is 2.51. The summed E-state index contributed by atoms with van der Waals surface area (Å²) in [6, 6.07) is 9.02. The molecule has 0 aliphatic carbocycles. The first kappa shape index (κ1) is 10.9. The van der Waals surface area contributed by atoms with Crippen molar-refractivity contribution in [1.29, 1.82) is 0 Å². The van der Waals surface area contributed by atoms with Gasteiger partial charge in [-0.05, 0) is 30.3 Å². The molecule has 0 amide bonds. The van der Waals surface area contributed by atoms with Crippen molar-refractivity contribution in [2.75, 3.05) is 0 Å². The summed E-state index contributed by atoms with van der Waals surface area (Å²) in [7, 11) is 0. The number of aromatic nitrogens is 1. The fourth-order valence-corrected chi connectivity index (χ4v) is 1.54. The van der Waals surface area contributed by atoms with Crippen molar-refractivity contribution in [2.45, 2.75) is 6.54 Å². The van der Waals surface area contributed by atoms with Gasteiger partial charge in [-0.2, -0.15) is 0 Å². The molecule has 0 bridgehead atoms. The van der Waals surface area contributed by atoms with E-state index in [-0.39, 0.29) is 0 Å². The summed E-state index contributed by atoms with van der Waals surface area (Å²) in [4.78, 5) is 3.97. The number of nitrogens with two attached hydrogens (primary N) is 1. The van der Waals surface area contributed by atoms with Crippen LogP contribution < -0.4 is 10.5 Å². The molecule has 2 N–H and O–H groups in total. The lowest BCUT2D eigenvalue weighted by Gasteiger charge is -2.09. The molecular formula is C12H11ClN2O. The summed E-state index contributed by atoms with van der Waals surface area (Å²) in [5.74, 6) is 1.39. The zero-order chi connectivity index (χ0) is 11.4. The van der Waals surface area contributed by atoms with Gasteiger partial charge in [-0.15, -0.1) is 0 Å². The molecule has 0 atom stereocenters. The molecule has 4 heteroatoms. The van der Waals surface area contributed by atoms with Crippen molar-refractivity contribution in [3.63, 3.8) is 0 Å². The molecule has 0 fully saturated rings. The highest BCUT2D eigenvalue weighted by atomic mass is 35.5. The van der Waals surface area contributed by atoms with Crippen LogP contribution in [0.15, 0.2) is 42.7 Å².